The van der Waals surface area contributed by atoms with Crippen LogP contribution in [-0.2, 0) is 0 Å². The molecule has 0 atom stereocenters. The van der Waals surface area contributed by atoms with E-state index in [2.05, 4.69) is 5.32 Å². The Morgan fingerprint density at radius 3 is 2.36 bits per heavy atom. The molecule has 0 aromatic heterocycles. The maximum Gasteiger partial charge on any atom is 0.266 e. The second-order valence-electron chi connectivity index (χ2n) is 6.68. The summed E-state index contributed by atoms with van der Waals surface area (Å²) in [6.07, 6.45) is 0. The van der Waals surface area contributed by atoms with Crippen molar-refractivity contribution in [1.29, 1.82) is 0 Å². The monoisotopic (exact) mass is 379 g/mol. The van der Waals surface area contributed by atoms with Gasteiger partial charge in [-0.2, -0.15) is 0 Å². The fraction of sp³-hybridized carbons (Fsp3) is 0.286. The summed E-state index contributed by atoms with van der Waals surface area (Å²) in [6.45, 7) is 5.18. The van der Waals surface area contributed by atoms with E-state index >= 15 is 0 Å². The van der Waals surface area contributed by atoms with Crippen LogP contribution in [0.4, 0.5) is 5.69 Å². The number of hydrogen-bond donors (Lipinski definition) is 1. The molecule has 28 heavy (non-hydrogen) atoms. The standard InChI is InChI=1S/C21H21N3O4/c1-2-28-16-6-4-15(5-7-16)24-20(26)17-8-3-14(13-18(17)21(24)27)19(25)23-11-9-22-10-12-23/h3-8,13,22H,2,9-12H2,1H3. The number of piperazine rings is 1. The Balaban J connectivity index is 1.61. The summed E-state index contributed by atoms with van der Waals surface area (Å²) >= 11 is 0. The first-order valence-corrected chi connectivity index (χ1v) is 9.36. The molecule has 4 rings (SSSR count). The third kappa shape index (κ3) is 3.14. The lowest BCUT2D eigenvalue weighted by Crippen LogP contribution is -2.46. The SMILES string of the molecule is CCOc1ccc(N2C(=O)c3ccc(C(=O)N4CCNCC4)cc3C2=O)cc1. The first-order valence-electron chi connectivity index (χ1n) is 9.36. The number of nitrogens with one attached hydrogen (secondary N) is 1. The van der Waals surface area contributed by atoms with Crippen LogP contribution in [0.2, 0.25) is 0 Å². The number of anilines is 1. The zero-order chi connectivity index (χ0) is 19.7. The number of carbonyl (C=O) groups excluding carboxylic acids is 3. The van der Waals surface area contributed by atoms with Crippen LogP contribution < -0.4 is 15.0 Å². The van der Waals surface area contributed by atoms with E-state index in [0.717, 1.165) is 18.0 Å². The number of fused-ring (bicyclic) bond motifs is 1. The van der Waals surface area contributed by atoms with Crippen molar-refractivity contribution in [2.45, 2.75) is 6.92 Å². The summed E-state index contributed by atoms with van der Waals surface area (Å²) in [5.74, 6) is -0.250. The summed E-state index contributed by atoms with van der Waals surface area (Å²) in [7, 11) is 0. The summed E-state index contributed by atoms with van der Waals surface area (Å²) in [5, 5.41) is 3.20. The predicted octanol–water partition coefficient (Wildman–Crippen LogP) is 1.93. The summed E-state index contributed by atoms with van der Waals surface area (Å²) in [5.41, 5.74) is 1.48. The molecule has 2 aliphatic heterocycles. The number of amides is 3. The number of nitrogens with zero attached hydrogens (tertiary/aromatic N) is 2. The number of imide groups is 1. The molecule has 144 valence electrons. The first kappa shape index (κ1) is 18.2. The van der Waals surface area contributed by atoms with Gasteiger partial charge in [-0.05, 0) is 49.4 Å². The van der Waals surface area contributed by atoms with Gasteiger partial charge in [0.1, 0.15) is 5.75 Å². The summed E-state index contributed by atoms with van der Waals surface area (Å²) in [4.78, 5) is 41.3. The zero-order valence-electron chi connectivity index (χ0n) is 15.6. The quantitative estimate of drug-likeness (QED) is 0.822. The molecule has 1 fully saturated rings. The van der Waals surface area contributed by atoms with Crippen LogP contribution in [-0.4, -0.2) is 55.4 Å². The van der Waals surface area contributed by atoms with E-state index < -0.39 is 5.91 Å². The number of ether oxygens (including phenoxy) is 1. The van der Waals surface area contributed by atoms with Gasteiger partial charge in [-0.3, -0.25) is 14.4 Å². The normalized spacial score (nSPS) is 16.3. The van der Waals surface area contributed by atoms with Gasteiger partial charge in [-0.1, -0.05) is 0 Å². The van der Waals surface area contributed by atoms with Gasteiger partial charge in [0, 0.05) is 31.7 Å². The highest BCUT2D eigenvalue weighted by Crippen LogP contribution is 2.30. The van der Waals surface area contributed by atoms with Crippen LogP contribution in [0.5, 0.6) is 5.75 Å². The van der Waals surface area contributed by atoms with Crippen LogP contribution in [0, 0.1) is 0 Å². The molecule has 0 aliphatic carbocycles. The van der Waals surface area contributed by atoms with Crippen molar-refractivity contribution in [1.82, 2.24) is 10.2 Å². The van der Waals surface area contributed by atoms with E-state index in [1.54, 1.807) is 41.3 Å². The highest BCUT2D eigenvalue weighted by Gasteiger charge is 2.37. The highest BCUT2D eigenvalue weighted by molar-refractivity contribution is 6.34. The molecule has 1 saturated heterocycles. The average Bonchev–Trinajstić information content (AvgIpc) is 2.99. The van der Waals surface area contributed by atoms with Gasteiger partial charge in [-0.25, -0.2) is 4.90 Å². The van der Waals surface area contributed by atoms with E-state index in [9.17, 15) is 14.4 Å². The molecular formula is C21H21N3O4. The van der Waals surface area contributed by atoms with Crippen LogP contribution in [0.1, 0.15) is 38.0 Å². The van der Waals surface area contributed by atoms with Crippen LogP contribution in [0.15, 0.2) is 42.5 Å². The number of carbonyl (C=O) groups is 3. The molecule has 0 radical (unpaired) electrons. The number of rotatable bonds is 4. The Bertz CT molecular complexity index is 933. The molecule has 2 heterocycles. The topological polar surface area (TPSA) is 79.0 Å². The van der Waals surface area contributed by atoms with Crippen molar-refractivity contribution in [3.05, 3.63) is 59.2 Å². The van der Waals surface area contributed by atoms with Crippen molar-refractivity contribution >= 4 is 23.4 Å². The van der Waals surface area contributed by atoms with Gasteiger partial charge >= 0.3 is 0 Å². The van der Waals surface area contributed by atoms with Gasteiger partial charge < -0.3 is 15.0 Å². The highest BCUT2D eigenvalue weighted by atomic mass is 16.5. The lowest BCUT2D eigenvalue weighted by molar-refractivity contribution is 0.0735. The Hall–Kier alpha value is -3.19. The fourth-order valence-corrected chi connectivity index (χ4v) is 3.52. The minimum absolute atomic E-state index is 0.121. The van der Waals surface area contributed by atoms with E-state index in [0.29, 0.717) is 42.3 Å². The molecule has 3 amide bonds. The Morgan fingerprint density at radius 1 is 1.00 bits per heavy atom. The van der Waals surface area contributed by atoms with E-state index in [-0.39, 0.29) is 17.4 Å². The van der Waals surface area contributed by atoms with Crippen molar-refractivity contribution < 1.29 is 19.1 Å². The Labute approximate surface area is 162 Å². The second-order valence-corrected chi connectivity index (χ2v) is 6.68. The maximum absolute atomic E-state index is 12.9. The largest absolute Gasteiger partial charge is 0.494 e. The molecule has 0 bridgehead atoms. The first-order chi connectivity index (χ1) is 13.6. The molecular weight excluding hydrogens is 358 g/mol. The van der Waals surface area contributed by atoms with Crippen molar-refractivity contribution in [3.63, 3.8) is 0 Å². The van der Waals surface area contributed by atoms with Gasteiger partial charge in [0.15, 0.2) is 0 Å². The molecule has 0 saturated carbocycles. The van der Waals surface area contributed by atoms with Crippen LogP contribution in [0.3, 0.4) is 0 Å². The summed E-state index contributed by atoms with van der Waals surface area (Å²) in [6, 6.07) is 11.5. The fourth-order valence-electron chi connectivity index (χ4n) is 3.52. The van der Waals surface area contributed by atoms with Crippen LogP contribution in [0.25, 0.3) is 0 Å². The molecule has 0 spiro atoms. The lowest BCUT2D eigenvalue weighted by Gasteiger charge is -2.27. The van der Waals surface area contributed by atoms with E-state index in [1.807, 2.05) is 6.92 Å². The lowest BCUT2D eigenvalue weighted by atomic mass is 10.0. The minimum atomic E-state index is -0.417. The average molecular weight is 379 g/mol. The number of hydrogen-bond acceptors (Lipinski definition) is 5. The third-order valence-electron chi connectivity index (χ3n) is 4.94. The van der Waals surface area contributed by atoms with Gasteiger partial charge in [-0.15, -0.1) is 0 Å². The van der Waals surface area contributed by atoms with Gasteiger partial charge in [0.05, 0.1) is 23.4 Å². The molecule has 1 N–H and O–H groups in total. The Morgan fingerprint density at radius 2 is 1.68 bits per heavy atom. The van der Waals surface area contributed by atoms with Gasteiger partial charge in [0.2, 0.25) is 0 Å². The molecule has 0 unspecified atom stereocenters. The third-order valence-corrected chi connectivity index (χ3v) is 4.94. The predicted molar refractivity (Wildman–Crippen MR) is 104 cm³/mol. The maximum atomic E-state index is 12.9. The van der Waals surface area contributed by atoms with Gasteiger partial charge in [0.25, 0.3) is 17.7 Å². The minimum Gasteiger partial charge on any atom is -0.494 e. The smallest absolute Gasteiger partial charge is 0.266 e. The molecule has 7 nitrogen and oxygen atoms in total. The van der Waals surface area contributed by atoms with Crippen LogP contribution >= 0.6 is 0 Å². The number of benzene rings is 2. The second kappa shape index (κ2) is 7.44. The van der Waals surface area contributed by atoms with Crippen molar-refractivity contribution in [2.75, 3.05) is 37.7 Å². The zero-order valence-corrected chi connectivity index (χ0v) is 15.6. The molecule has 2 aromatic rings. The molecule has 2 aromatic carbocycles. The van der Waals surface area contributed by atoms with Crippen molar-refractivity contribution in [2.24, 2.45) is 0 Å². The Kier molecular flexibility index (Phi) is 4.83. The van der Waals surface area contributed by atoms with Crippen molar-refractivity contribution in [3.8, 4) is 5.75 Å². The summed E-state index contributed by atoms with van der Waals surface area (Å²) < 4.78 is 5.40. The molecule has 7 heteroatoms. The molecule has 2 aliphatic rings. The van der Waals surface area contributed by atoms with E-state index in [1.165, 1.54) is 6.07 Å². The van der Waals surface area contributed by atoms with E-state index in [4.69, 9.17) is 4.74 Å².